The molecule has 160 valence electrons. The SMILES string of the molecule is C=C(CC(=O)OCc1ccc(OC)cc1)C(=O)OCCS(=O)(=O)c1cccc(Cl)c1. The molecule has 7 nitrogen and oxygen atoms in total. The fourth-order valence-corrected chi connectivity index (χ4v) is 3.69. The van der Waals surface area contributed by atoms with Gasteiger partial charge in [0, 0.05) is 10.6 Å². The number of sulfone groups is 1. The van der Waals surface area contributed by atoms with Gasteiger partial charge in [-0.3, -0.25) is 4.79 Å². The van der Waals surface area contributed by atoms with Gasteiger partial charge in [0.1, 0.15) is 19.0 Å². The molecule has 2 aromatic rings. The van der Waals surface area contributed by atoms with Crippen LogP contribution in [-0.2, 0) is 35.5 Å². The number of methoxy groups -OCH3 is 1. The van der Waals surface area contributed by atoms with E-state index in [9.17, 15) is 18.0 Å². The lowest BCUT2D eigenvalue weighted by Crippen LogP contribution is -2.18. The minimum absolute atomic E-state index is 0.0308. The van der Waals surface area contributed by atoms with Gasteiger partial charge in [-0.05, 0) is 35.9 Å². The monoisotopic (exact) mass is 452 g/mol. The average Bonchev–Trinajstić information content (AvgIpc) is 2.72. The van der Waals surface area contributed by atoms with E-state index in [1.807, 2.05) is 0 Å². The number of benzene rings is 2. The van der Waals surface area contributed by atoms with Crippen molar-refractivity contribution in [3.63, 3.8) is 0 Å². The van der Waals surface area contributed by atoms with E-state index in [4.69, 9.17) is 25.8 Å². The van der Waals surface area contributed by atoms with Gasteiger partial charge in [-0.15, -0.1) is 0 Å². The third-order valence-corrected chi connectivity index (χ3v) is 5.86. The van der Waals surface area contributed by atoms with E-state index in [1.165, 1.54) is 18.2 Å². The van der Waals surface area contributed by atoms with Gasteiger partial charge in [0.15, 0.2) is 9.84 Å². The van der Waals surface area contributed by atoms with E-state index in [0.717, 1.165) is 5.56 Å². The molecule has 0 saturated heterocycles. The van der Waals surface area contributed by atoms with Gasteiger partial charge in [-0.1, -0.05) is 36.4 Å². The molecule has 0 atom stereocenters. The predicted molar refractivity (Wildman–Crippen MR) is 111 cm³/mol. The zero-order valence-electron chi connectivity index (χ0n) is 16.3. The molecule has 0 unspecified atom stereocenters. The van der Waals surface area contributed by atoms with Gasteiger partial charge >= 0.3 is 11.9 Å². The van der Waals surface area contributed by atoms with Crippen molar-refractivity contribution in [3.8, 4) is 5.75 Å². The van der Waals surface area contributed by atoms with Crippen molar-refractivity contribution in [2.24, 2.45) is 0 Å². The van der Waals surface area contributed by atoms with Crippen LogP contribution in [0.2, 0.25) is 5.02 Å². The zero-order valence-corrected chi connectivity index (χ0v) is 17.9. The fraction of sp³-hybridized carbons (Fsp3) is 0.238. The number of hydrogen-bond donors (Lipinski definition) is 0. The maximum absolute atomic E-state index is 12.2. The molecular formula is C21H21ClO7S. The topological polar surface area (TPSA) is 96.0 Å². The Kier molecular flexibility index (Phi) is 8.44. The molecule has 9 heteroatoms. The van der Waals surface area contributed by atoms with Crippen LogP contribution in [0.5, 0.6) is 5.75 Å². The Balaban J connectivity index is 1.75. The van der Waals surface area contributed by atoms with Crippen molar-refractivity contribution < 1.29 is 32.2 Å². The predicted octanol–water partition coefficient (Wildman–Crippen LogP) is 3.36. The Morgan fingerprint density at radius 3 is 2.40 bits per heavy atom. The molecule has 0 aromatic heterocycles. The molecule has 0 fully saturated rings. The summed E-state index contributed by atoms with van der Waals surface area (Å²) in [5.41, 5.74) is 0.624. The van der Waals surface area contributed by atoms with Crippen LogP contribution in [0.25, 0.3) is 0 Å². The lowest BCUT2D eigenvalue weighted by Gasteiger charge is -2.09. The summed E-state index contributed by atoms with van der Waals surface area (Å²) in [6.45, 7) is 3.15. The molecule has 0 N–H and O–H groups in total. The molecule has 0 aliphatic rings. The van der Waals surface area contributed by atoms with Gasteiger partial charge in [0.05, 0.1) is 24.2 Å². The first-order valence-corrected chi connectivity index (χ1v) is 10.9. The lowest BCUT2D eigenvalue weighted by molar-refractivity contribution is -0.147. The van der Waals surface area contributed by atoms with Gasteiger partial charge < -0.3 is 14.2 Å². The first kappa shape index (κ1) is 23.4. The Morgan fingerprint density at radius 1 is 1.07 bits per heavy atom. The van der Waals surface area contributed by atoms with Crippen LogP contribution in [0, 0.1) is 0 Å². The molecule has 0 radical (unpaired) electrons. The van der Waals surface area contributed by atoms with E-state index in [1.54, 1.807) is 37.4 Å². The highest BCUT2D eigenvalue weighted by atomic mass is 35.5. The van der Waals surface area contributed by atoms with Gasteiger partial charge in [0.2, 0.25) is 0 Å². The van der Waals surface area contributed by atoms with E-state index in [2.05, 4.69) is 6.58 Å². The summed E-state index contributed by atoms with van der Waals surface area (Å²) < 4.78 is 39.5. The number of carbonyl (C=O) groups excluding carboxylic acids is 2. The second-order valence-electron chi connectivity index (χ2n) is 6.20. The van der Waals surface area contributed by atoms with Crippen molar-refractivity contribution in [2.75, 3.05) is 19.5 Å². The third-order valence-electron chi connectivity index (χ3n) is 3.95. The molecular weight excluding hydrogens is 432 g/mol. The van der Waals surface area contributed by atoms with Crippen LogP contribution in [0.4, 0.5) is 0 Å². The van der Waals surface area contributed by atoms with Gasteiger partial charge in [-0.25, -0.2) is 13.2 Å². The van der Waals surface area contributed by atoms with Gasteiger partial charge in [0.25, 0.3) is 0 Å². The maximum Gasteiger partial charge on any atom is 0.334 e. The standard InChI is InChI=1S/C21H21ClO7S/c1-15(12-20(23)29-14-16-6-8-18(27-2)9-7-16)21(24)28-10-11-30(25,26)19-5-3-4-17(22)13-19/h3-9,13H,1,10-12,14H2,2H3. The Bertz CT molecular complexity index is 1010. The van der Waals surface area contributed by atoms with E-state index >= 15 is 0 Å². The first-order valence-electron chi connectivity index (χ1n) is 8.83. The Morgan fingerprint density at radius 2 is 1.77 bits per heavy atom. The smallest absolute Gasteiger partial charge is 0.334 e. The van der Waals surface area contributed by atoms with Crippen molar-refractivity contribution in [3.05, 3.63) is 71.3 Å². The second kappa shape index (κ2) is 10.8. The summed E-state index contributed by atoms with van der Waals surface area (Å²) in [5.74, 6) is -1.26. The van der Waals surface area contributed by atoms with Gasteiger partial charge in [-0.2, -0.15) is 0 Å². The highest BCUT2D eigenvalue weighted by Crippen LogP contribution is 2.17. The number of esters is 2. The summed E-state index contributed by atoms with van der Waals surface area (Å²) in [4.78, 5) is 23.9. The van der Waals surface area contributed by atoms with E-state index in [0.29, 0.717) is 5.75 Å². The molecule has 0 amide bonds. The fourth-order valence-electron chi connectivity index (χ4n) is 2.31. The lowest BCUT2D eigenvalue weighted by atomic mass is 10.2. The normalized spacial score (nSPS) is 10.9. The van der Waals surface area contributed by atoms with Crippen LogP contribution in [-0.4, -0.2) is 39.8 Å². The average molecular weight is 453 g/mol. The summed E-state index contributed by atoms with van der Waals surface area (Å²) >= 11 is 5.79. The van der Waals surface area contributed by atoms with Crippen molar-refractivity contribution in [1.29, 1.82) is 0 Å². The van der Waals surface area contributed by atoms with Crippen LogP contribution in [0.3, 0.4) is 0 Å². The molecule has 2 aromatic carbocycles. The minimum Gasteiger partial charge on any atom is -0.497 e. The van der Waals surface area contributed by atoms with Crippen molar-refractivity contribution >= 4 is 33.4 Å². The first-order chi connectivity index (χ1) is 14.2. The number of carbonyl (C=O) groups is 2. The molecule has 0 heterocycles. The quantitative estimate of drug-likeness (QED) is 0.403. The highest BCUT2D eigenvalue weighted by molar-refractivity contribution is 7.91. The van der Waals surface area contributed by atoms with Crippen LogP contribution in [0.1, 0.15) is 12.0 Å². The zero-order chi connectivity index (χ0) is 22.1. The number of halogens is 1. The molecule has 0 spiro atoms. The molecule has 0 aliphatic heterocycles. The largest absolute Gasteiger partial charge is 0.497 e. The maximum atomic E-state index is 12.2. The van der Waals surface area contributed by atoms with E-state index in [-0.39, 0.29) is 35.1 Å². The van der Waals surface area contributed by atoms with Crippen LogP contribution < -0.4 is 4.74 Å². The number of rotatable bonds is 10. The molecule has 0 aliphatic carbocycles. The highest BCUT2D eigenvalue weighted by Gasteiger charge is 2.18. The molecule has 0 saturated carbocycles. The Labute approximate surface area is 180 Å². The Hall–Kier alpha value is -2.84. The third kappa shape index (κ3) is 7.20. The second-order valence-corrected chi connectivity index (χ2v) is 8.75. The molecule has 2 rings (SSSR count). The number of hydrogen-bond acceptors (Lipinski definition) is 7. The summed E-state index contributed by atoms with van der Waals surface area (Å²) in [6.07, 6.45) is -0.365. The summed E-state index contributed by atoms with van der Waals surface area (Å²) in [5, 5.41) is 0.287. The van der Waals surface area contributed by atoms with Crippen LogP contribution in [0.15, 0.2) is 65.6 Å². The van der Waals surface area contributed by atoms with Crippen molar-refractivity contribution in [1.82, 2.24) is 0 Å². The van der Waals surface area contributed by atoms with Crippen LogP contribution >= 0.6 is 11.6 Å². The number of ether oxygens (including phenoxy) is 3. The molecule has 0 bridgehead atoms. The van der Waals surface area contributed by atoms with E-state index < -0.39 is 27.5 Å². The van der Waals surface area contributed by atoms with Crippen molar-refractivity contribution in [2.45, 2.75) is 17.9 Å². The summed E-state index contributed by atoms with van der Waals surface area (Å²) in [6, 6.07) is 12.7. The summed E-state index contributed by atoms with van der Waals surface area (Å²) in [7, 11) is -2.12. The minimum atomic E-state index is -3.66. The molecule has 30 heavy (non-hydrogen) atoms.